The van der Waals surface area contributed by atoms with Gasteiger partial charge in [0.25, 0.3) is 0 Å². The first-order chi connectivity index (χ1) is 30.7. The third-order valence-electron chi connectivity index (χ3n) is 18.5. The van der Waals surface area contributed by atoms with Crippen molar-refractivity contribution in [3.05, 3.63) is 11.6 Å². The average molecular weight is 945 g/mol. The number of aliphatic hydroxyl groups excluding tert-OH is 11. The summed E-state index contributed by atoms with van der Waals surface area (Å²) in [5.74, 6) is 0.565. The molecule has 6 fully saturated rings. The summed E-state index contributed by atoms with van der Waals surface area (Å²) in [4.78, 5) is 15.1. The fourth-order valence-electron chi connectivity index (χ4n) is 13.9. The first kappa shape index (κ1) is 52.6. The lowest BCUT2D eigenvalue weighted by Gasteiger charge is -2.65. The van der Waals surface area contributed by atoms with E-state index in [1.807, 2.05) is 0 Å². The Balaban J connectivity index is 1.05. The Bertz CT molecular complexity index is 1740. The van der Waals surface area contributed by atoms with Crippen LogP contribution in [0.3, 0.4) is 0 Å². The third-order valence-corrected chi connectivity index (χ3v) is 18.5. The Morgan fingerprint density at radius 3 is 1.95 bits per heavy atom. The number of hydrogen-bond donors (Lipinski definition) is 11. The van der Waals surface area contributed by atoms with E-state index in [2.05, 4.69) is 47.6 Å². The molecule has 7 rings (SSSR count). The smallest absolute Gasteiger partial charge is 0.187 e. The predicted octanol–water partition coefficient (Wildman–Crippen LogP) is 0.180. The van der Waals surface area contributed by atoms with Crippen LogP contribution in [-0.2, 0) is 33.2 Å². The van der Waals surface area contributed by atoms with Crippen molar-refractivity contribution in [3.63, 3.8) is 0 Å². The lowest BCUT2D eigenvalue weighted by Crippen LogP contribution is -2.65. The van der Waals surface area contributed by atoms with E-state index in [9.17, 15) is 56.2 Å². The second-order valence-corrected chi connectivity index (χ2v) is 22.8. The number of ether oxygens (including phenoxy) is 6. The molecule has 0 aromatic rings. The molecule has 0 aromatic heterocycles. The van der Waals surface area contributed by atoms with Crippen LogP contribution >= 0.6 is 0 Å². The molecule has 0 radical (unpaired) electrons. The zero-order valence-corrected chi connectivity index (χ0v) is 40.0. The lowest BCUT2D eigenvalue weighted by molar-refractivity contribution is -0.372. The second kappa shape index (κ2) is 19.1. The Morgan fingerprint density at radius 1 is 0.727 bits per heavy atom. The average Bonchev–Trinajstić information content (AvgIpc) is 3.53. The van der Waals surface area contributed by atoms with Gasteiger partial charge in [0.05, 0.1) is 37.1 Å². The number of ketones is 1. The summed E-state index contributed by atoms with van der Waals surface area (Å²) in [5.41, 5.74) is -1.92. The van der Waals surface area contributed by atoms with Gasteiger partial charge in [0.2, 0.25) is 0 Å². The molecule has 7 aliphatic rings. The number of aliphatic hydroxyl groups is 11. The molecule has 24 atom stereocenters. The monoisotopic (exact) mass is 945 g/mol. The van der Waals surface area contributed by atoms with E-state index in [-0.39, 0.29) is 40.3 Å². The summed E-state index contributed by atoms with van der Waals surface area (Å²) in [6.07, 6.45) is -15.7. The highest BCUT2D eigenvalue weighted by atomic mass is 16.8. The van der Waals surface area contributed by atoms with Crippen molar-refractivity contribution in [2.75, 3.05) is 13.2 Å². The van der Waals surface area contributed by atoms with Crippen molar-refractivity contribution < 1.29 is 89.4 Å². The van der Waals surface area contributed by atoms with Gasteiger partial charge in [0.1, 0.15) is 72.9 Å². The van der Waals surface area contributed by atoms with Crippen molar-refractivity contribution in [2.24, 2.45) is 45.3 Å². The van der Waals surface area contributed by atoms with Crippen LogP contribution in [0.15, 0.2) is 11.6 Å². The number of carbonyl (C=O) groups is 1. The minimum atomic E-state index is -1.69. The van der Waals surface area contributed by atoms with E-state index < -0.39 is 134 Å². The maximum absolute atomic E-state index is 15.1. The van der Waals surface area contributed by atoms with Crippen LogP contribution in [0.25, 0.3) is 0 Å². The van der Waals surface area contributed by atoms with E-state index in [1.54, 1.807) is 13.8 Å². The molecule has 0 amide bonds. The largest absolute Gasteiger partial charge is 0.394 e. The molecule has 0 aromatic carbocycles. The lowest BCUT2D eigenvalue weighted by atomic mass is 9.38. The SMILES string of the molecule is C[C@H](CC[C@@H](O)C(C)(C)O[C@@H]1O[C@H](CO)[C@@H](O)[C@H](O)[C@H]1O)[C@H]1CC[C@@]2(C)[C@@H]3CC=C4[C@@H](CC[C@H](O[C@@H]5O[C@H](CO)[C@@H](O)[C@H](O)[C@H]5O[C@@H]5O[C@@H](C)[C@H](O)[C@@H](O)[C@H]5O)C4(C)C)[C@]3(C)C(=O)C[C@]12C. The quantitative estimate of drug-likeness (QED) is 0.110. The number of hydrogen-bond acceptors (Lipinski definition) is 18. The zero-order valence-electron chi connectivity index (χ0n) is 40.0. The number of Topliss-reactive ketones (excluding diaryl/α,β-unsaturated/α-hetero) is 1. The molecule has 380 valence electrons. The van der Waals surface area contributed by atoms with E-state index in [4.69, 9.17) is 28.4 Å². The Morgan fingerprint density at radius 2 is 1.32 bits per heavy atom. The third kappa shape index (κ3) is 8.60. The van der Waals surface area contributed by atoms with Crippen LogP contribution < -0.4 is 0 Å². The highest BCUT2D eigenvalue weighted by Gasteiger charge is 2.70. The van der Waals surface area contributed by atoms with E-state index in [0.29, 0.717) is 38.5 Å². The van der Waals surface area contributed by atoms with Gasteiger partial charge in [0.15, 0.2) is 18.9 Å². The van der Waals surface area contributed by atoms with Crippen LogP contribution in [0.4, 0.5) is 0 Å². The van der Waals surface area contributed by atoms with Crippen molar-refractivity contribution in [1.29, 1.82) is 0 Å². The summed E-state index contributed by atoms with van der Waals surface area (Å²) in [6.45, 7) is 16.7. The Hall–Kier alpha value is -1.27. The van der Waals surface area contributed by atoms with Gasteiger partial charge in [-0.05, 0) is 100 Å². The van der Waals surface area contributed by atoms with Crippen LogP contribution in [0.1, 0.15) is 114 Å². The first-order valence-corrected chi connectivity index (χ1v) is 24.2. The molecule has 18 heteroatoms. The van der Waals surface area contributed by atoms with E-state index in [1.165, 1.54) is 6.92 Å². The molecule has 3 heterocycles. The van der Waals surface area contributed by atoms with Crippen molar-refractivity contribution in [2.45, 2.75) is 224 Å². The number of carbonyl (C=O) groups excluding carboxylic acids is 1. The summed E-state index contributed by atoms with van der Waals surface area (Å²) < 4.78 is 36.0. The highest BCUT2D eigenvalue weighted by molar-refractivity contribution is 5.88. The Kier molecular flexibility index (Phi) is 15.2. The molecule has 18 nitrogen and oxygen atoms in total. The van der Waals surface area contributed by atoms with Crippen LogP contribution in [0.2, 0.25) is 0 Å². The summed E-state index contributed by atoms with van der Waals surface area (Å²) in [5, 5.41) is 116. The van der Waals surface area contributed by atoms with Crippen LogP contribution in [0.5, 0.6) is 0 Å². The number of fused-ring (bicyclic) bond motifs is 5. The topological polar surface area (TPSA) is 295 Å². The molecule has 66 heavy (non-hydrogen) atoms. The number of allylic oxidation sites excluding steroid dienone is 1. The first-order valence-electron chi connectivity index (χ1n) is 24.2. The zero-order chi connectivity index (χ0) is 48.8. The van der Waals surface area contributed by atoms with Crippen LogP contribution in [0, 0.1) is 45.3 Å². The molecular formula is C48H80O18. The number of rotatable bonds is 13. The fourth-order valence-corrected chi connectivity index (χ4v) is 13.9. The molecule has 0 spiro atoms. The van der Waals surface area contributed by atoms with Gasteiger partial charge in [-0.15, -0.1) is 0 Å². The van der Waals surface area contributed by atoms with Gasteiger partial charge < -0.3 is 84.6 Å². The molecule has 4 aliphatic carbocycles. The van der Waals surface area contributed by atoms with Crippen molar-refractivity contribution in [3.8, 4) is 0 Å². The van der Waals surface area contributed by atoms with Gasteiger partial charge in [-0.3, -0.25) is 4.79 Å². The van der Waals surface area contributed by atoms with Gasteiger partial charge in [-0.25, -0.2) is 0 Å². The minimum absolute atomic E-state index is 0.0616. The maximum atomic E-state index is 15.1. The minimum Gasteiger partial charge on any atom is -0.394 e. The summed E-state index contributed by atoms with van der Waals surface area (Å²) in [7, 11) is 0. The second-order valence-electron chi connectivity index (χ2n) is 22.8. The molecule has 3 aliphatic heterocycles. The van der Waals surface area contributed by atoms with Crippen molar-refractivity contribution >= 4 is 5.78 Å². The Labute approximate surface area is 388 Å². The molecular weight excluding hydrogens is 865 g/mol. The molecule has 0 unspecified atom stereocenters. The van der Waals surface area contributed by atoms with Crippen molar-refractivity contribution in [1.82, 2.24) is 0 Å². The predicted molar refractivity (Wildman–Crippen MR) is 233 cm³/mol. The molecule has 3 saturated heterocycles. The van der Waals surface area contributed by atoms with E-state index >= 15 is 4.79 Å². The van der Waals surface area contributed by atoms with Gasteiger partial charge in [0, 0.05) is 17.3 Å². The molecule has 0 bridgehead atoms. The molecule has 11 N–H and O–H groups in total. The van der Waals surface area contributed by atoms with Crippen LogP contribution in [-0.4, -0.2) is 185 Å². The standard InChI is InChI=1S/C48H80O18/c1-21(10-14-29(51)45(5,6)66-42-39(60)36(57)33(54)26(19-49)62-42)23-16-17-46(7)28-13-11-24-25(48(28,9)30(52)18-47(23,46)8)12-15-31(44(24,3)4)64-43-40(37(58)34(55)27(20-50)63-43)65-41-38(59)35(56)32(53)22(2)61-41/h11,21-23,25-29,31-43,49-51,53-60H,10,12-20H2,1-9H3/t21-,22+,23-,25-,26-,27-,28+,29-,31+,32+,33-,34-,35-,36+,37+,38-,39-,40-,41+,42+,43+,46+,47-,48+/m1/s1. The van der Waals surface area contributed by atoms with E-state index in [0.717, 1.165) is 18.4 Å². The van der Waals surface area contributed by atoms with Gasteiger partial charge >= 0.3 is 0 Å². The highest BCUT2D eigenvalue weighted by Crippen LogP contribution is 2.74. The normalized spacial score (nSPS) is 50.5. The van der Waals surface area contributed by atoms with Gasteiger partial charge in [-0.2, -0.15) is 0 Å². The summed E-state index contributed by atoms with van der Waals surface area (Å²) in [6, 6.07) is 0. The summed E-state index contributed by atoms with van der Waals surface area (Å²) >= 11 is 0. The molecule has 3 saturated carbocycles. The fraction of sp³-hybridized carbons (Fsp3) is 0.938. The van der Waals surface area contributed by atoms with Gasteiger partial charge in [-0.1, -0.05) is 53.2 Å². The maximum Gasteiger partial charge on any atom is 0.187 e.